The minimum Gasteiger partial charge on any atom is -0.316 e. The van der Waals surface area contributed by atoms with Crippen LogP contribution in [-0.2, 0) is 19.6 Å². The van der Waals surface area contributed by atoms with E-state index in [0.717, 1.165) is 38.2 Å². The van der Waals surface area contributed by atoms with Crippen molar-refractivity contribution in [3.8, 4) is 0 Å². The monoisotopic (exact) mass is 306 g/mol. The molecule has 9 heteroatoms. The van der Waals surface area contributed by atoms with Crippen molar-refractivity contribution < 1.29 is 0 Å². The summed E-state index contributed by atoms with van der Waals surface area (Å²) < 4.78 is 5.04. The summed E-state index contributed by atoms with van der Waals surface area (Å²) in [4.78, 5) is 12.5. The van der Waals surface area contributed by atoms with Gasteiger partial charge in [0.05, 0.1) is 0 Å². The van der Waals surface area contributed by atoms with Gasteiger partial charge in [0, 0.05) is 32.1 Å². The van der Waals surface area contributed by atoms with Crippen molar-refractivity contribution in [2.24, 2.45) is 0 Å². The number of aryl methyl sites for hydroxylation is 2. The summed E-state index contributed by atoms with van der Waals surface area (Å²) in [6.45, 7) is 5.88. The van der Waals surface area contributed by atoms with Crippen molar-refractivity contribution in [2.45, 2.75) is 51.7 Å². The number of rotatable bonds is 6. The van der Waals surface area contributed by atoms with Crippen LogP contribution in [0.1, 0.15) is 37.9 Å². The molecule has 1 atom stereocenters. The molecule has 1 fully saturated rings. The summed E-state index contributed by atoms with van der Waals surface area (Å²) in [5, 5.41) is 19.0. The molecule has 1 aliphatic rings. The van der Waals surface area contributed by atoms with E-state index in [1.165, 1.54) is 0 Å². The minimum atomic E-state index is -0.0141. The highest BCUT2D eigenvalue weighted by Gasteiger charge is 2.23. The Labute approximate surface area is 128 Å². The summed E-state index contributed by atoms with van der Waals surface area (Å²) in [5.41, 5.74) is -0.0141. The Bertz CT molecular complexity index is 638. The number of nitrogens with zero attached hydrogens (tertiary/aromatic N) is 7. The van der Waals surface area contributed by atoms with Crippen LogP contribution in [0.3, 0.4) is 0 Å². The molecule has 1 saturated heterocycles. The minimum absolute atomic E-state index is 0.0141. The fourth-order valence-corrected chi connectivity index (χ4v) is 2.94. The summed E-state index contributed by atoms with van der Waals surface area (Å²) in [5.74, 6) is 1.25. The third-order valence-corrected chi connectivity index (χ3v) is 4.08. The molecule has 0 saturated carbocycles. The van der Waals surface area contributed by atoms with Crippen molar-refractivity contribution in [3.05, 3.63) is 22.6 Å². The Morgan fingerprint density at radius 3 is 3.00 bits per heavy atom. The highest BCUT2D eigenvalue weighted by molar-refractivity contribution is 5.00. The second-order valence-corrected chi connectivity index (χ2v) is 5.58. The molecule has 9 nitrogen and oxygen atoms in total. The van der Waals surface area contributed by atoms with E-state index >= 15 is 0 Å². The first-order valence-electron chi connectivity index (χ1n) is 7.88. The number of tetrazole rings is 1. The van der Waals surface area contributed by atoms with Crippen LogP contribution in [-0.4, -0.2) is 47.6 Å². The molecule has 0 unspecified atom stereocenters. The van der Waals surface area contributed by atoms with Crippen LogP contribution in [0.15, 0.2) is 11.1 Å². The van der Waals surface area contributed by atoms with Gasteiger partial charge in [0.25, 0.3) is 0 Å². The quantitative estimate of drug-likeness (QED) is 0.781. The largest absolute Gasteiger partial charge is 0.345 e. The number of hydrogen-bond donors (Lipinski definition) is 1. The van der Waals surface area contributed by atoms with Crippen molar-refractivity contribution in [1.29, 1.82) is 0 Å². The molecular weight excluding hydrogens is 284 g/mol. The van der Waals surface area contributed by atoms with E-state index in [2.05, 4.69) is 25.9 Å². The van der Waals surface area contributed by atoms with Gasteiger partial charge in [-0.1, -0.05) is 0 Å². The average Bonchev–Trinajstić information content (AvgIpc) is 3.17. The fraction of sp³-hybridized carbons (Fsp3) is 0.769. The van der Waals surface area contributed by atoms with Gasteiger partial charge in [-0.2, -0.15) is 5.10 Å². The summed E-state index contributed by atoms with van der Waals surface area (Å²) in [6.07, 6.45) is 4.57. The number of nitrogens with one attached hydrogen (secondary N) is 1. The van der Waals surface area contributed by atoms with E-state index in [1.807, 2.05) is 6.92 Å². The maximum Gasteiger partial charge on any atom is 0.345 e. The van der Waals surface area contributed by atoms with Gasteiger partial charge in [-0.3, -0.25) is 4.57 Å². The summed E-state index contributed by atoms with van der Waals surface area (Å²) in [6, 6.07) is 0. The molecule has 0 amide bonds. The second kappa shape index (κ2) is 6.82. The van der Waals surface area contributed by atoms with Crippen LogP contribution in [0.4, 0.5) is 0 Å². The van der Waals surface area contributed by atoms with Crippen molar-refractivity contribution >= 4 is 0 Å². The third kappa shape index (κ3) is 3.08. The number of aromatic nitrogens is 7. The molecule has 1 N–H and O–H groups in total. The van der Waals surface area contributed by atoms with Crippen LogP contribution >= 0.6 is 0 Å². The van der Waals surface area contributed by atoms with E-state index in [-0.39, 0.29) is 5.69 Å². The van der Waals surface area contributed by atoms with Crippen molar-refractivity contribution in [3.63, 3.8) is 0 Å². The Morgan fingerprint density at radius 2 is 2.32 bits per heavy atom. The number of hydrogen-bond acceptors (Lipinski definition) is 6. The van der Waals surface area contributed by atoms with E-state index in [9.17, 15) is 4.79 Å². The van der Waals surface area contributed by atoms with E-state index in [1.54, 1.807) is 20.3 Å². The van der Waals surface area contributed by atoms with Crippen molar-refractivity contribution in [2.75, 3.05) is 13.1 Å². The van der Waals surface area contributed by atoms with Gasteiger partial charge in [0.15, 0.2) is 0 Å². The highest BCUT2D eigenvalue weighted by Crippen LogP contribution is 2.20. The topological polar surface area (TPSA) is 95.5 Å². The van der Waals surface area contributed by atoms with Gasteiger partial charge >= 0.3 is 5.69 Å². The van der Waals surface area contributed by atoms with E-state index < -0.39 is 0 Å². The lowest BCUT2D eigenvalue weighted by Crippen LogP contribution is -2.31. The molecule has 3 heterocycles. The first-order chi connectivity index (χ1) is 10.8. The lowest BCUT2D eigenvalue weighted by Gasteiger charge is -2.21. The molecular formula is C13H22N8O. The van der Waals surface area contributed by atoms with Crippen LogP contribution in [0.25, 0.3) is 0 Å². The fourth-order valence-electron chi connectivity index (χ4n) is 2.94. The second-order valence-electron chi connectivity index (χ2n) is 5.58. The lowest BCUT2D eigenvalue weighted by molar-refractivity contribution is 0.429. The van der Waals surface area contributed by atoms with Crippen LogP contribution in [0.2, 0.25) is 0 Å². The van der Waals surface area contributed by atoms with Crippen LogP contribution in [0.5, 0.6) is 0 Å². The normalized spacial score (nSPS) is 18.7. The predicted molar refractivity (Wildman–Crippen MR) is 79.4 cm³/mol. The highest BCUT2D eigenvalue weighted by atomic mass is 16.2. The first kappa shape index (κ1) is 14.9. The maximum absolute atomic E-state index is 12.5. The molecule has 2 aromatic rings. The predicted octanol–water partition coefficient (Wildman–Crippen LogP) is -0.391. The van der Waals surface area contributed by atoms with Gasteiger partial charge in [-0.25, -0.2) is 14.2 Å². The Hall–Kier alpha value is -2.03. The zero-order valence-electron chi connectivity index (χ0n) is 12.9. The Morgan fingerprint density at radius 1 is 1.41 bits per heavy atom. The molecule has 120 valence electrons. The van der Waals surface area contributed by atoms with Gasteiger partial charge in [0.2, 0.25) is 0 Å². The van der Waals surface area contributed by atoms with Crippen LogP contribution < -0.4 is 11.0 Å². The van der Waals surface area contributed by atoms with Crippen molar-refractivity contribution in [1.82, 2.24) is 39.9 Å². The van der Waals surface area contributed by atoms with Gasteiger partial charge in [0.1, 0.15) is 12.2 Å². The molecule has 2 aromatic heterocycles. The standard InChI is InChI=1S/C13H22N8O/c1-2-20-12(11-5-3-6-14-9-11)16-21(13(20)22)8-4-7-19-10-15-17-18-19/h10-11,14H,2-9H2,1H3/t11-/m1/s1. The molecule has 0 aliphatic carbocycles. The summed E-state index contributed by atoms with van der Waals surface area (Å²) in [7, 11) is 0. The van der Waals surface area contributed by atoms with E-state index in [0.29, 0.717) is 25.6 Å². The Balaban J connectivity index is 1.71. The van der Waals surface area contributed by atoms with Gasteiger partial charge in [-0.15, -0.1) is 5.10 Å². The molecule has 1 aliphatic heterocycles. The third-order valence-electron chi connectivity index (χ3n) is 4.08. The smallest absolute Gasteiger partial charge is 0.316 e. The van der Waals surface area contributed by atoms with Gasteiger partial charge in [-0.05, 0) is 43.2 Å². The zero-order chi connectivity index (χ0) is 15.4. The molecule has 3 rings (SSSR count). The lowest BCUT2D eigenvalue weighted by atomic mass is 9.99. The van der Waals surface area contributed by atoms with E-state index in [4.69, 9.17) is 0 Å². The summed E-state index contributed by atoms with van der Waals surface area (Å²) >= 11 is 0. The average molecular weight is 306 g/mol. The maximum atomic E-state index is 12.5. The Kier molecular flexibility index (Phi) is 4.62. The SMILES string of the molecule is CCn1c([C@@H]2CCCNC2)nn(CCCn2cnnn2)c1=O. The molecule has 0 aromatic carbocycles. The van der Waals surface area contributed by atoms with Gasteiger partial charge < -0.3 is 5.32 Å². The van der Waals surface area contributed by atoms with Crippen LogP contribution in [0, 0.1) is 0 Å². The molecule has 0 bridgehead atoms. The number of piperidine rings is 1. The zero-order valence-corrected chi connectivity index (χ0v) is 12.9. The molecule has 22 heavy (non-hydrogen) atoms. The molecule has 0 spiro atoms. The first-order valence-corrected chi connectivity index (χ1v) is 7.88. The molecule has 0 radical (unpaired) electrons.